The van der Waals surface area contributed by atoms with E-state index in [9.17, 15) is 19.5 Å². The Hall–Kier alpha value is -3.26. The Kier molecular flexibility index (Phi) is 5.59. The Morgan fingerprint density at radius 2 is 1.67 bits per heavy atom. The molecular formula is C28H26BrN3O4. The van der Waals surface area contributed by atoms with Crippen LogP contribution in [0, 0.1) is 17.8 Å². The molecule has 2 aromatic carbocycles. The molecule has 2 N–H and O–H groups in total. The Balaban J connectivity index is 1.36. The molecule has 4 saturated carbocycles. The van der Waals surface area contributed by atoms with E-state index in [2.05, 4.69) is 38.0 Å². The number of aromatic hydroxyl groups is 1. The lowest BCUT2D eigenvalue weighted by Gasteiger charge is -2.57. The van der Waals surface area contributed by atoms with Crippen molar-refractivity contribution in [2.24, 2.45) is 22.7 Å². The van der Waals surface area contributed by atoms with Crippen molar-refractivity contribution < 1.29 is 9.90 Å². The third kappa shape index (κ3) is 3.88. The van der Waals surface area contributed by atoms with Gasteiger partial charge in [-0.1, -0.05) is 24.3 Å². The summed E-state index contributed by atoms with van der Waals surface area (Å²) in [7, 11) is 0. The minimum Gasteiger partial charge on any atom is -0.493 e. The molecule has 8 heteroatoms. The molecule has 7 rings (SSSR count). The molecule has 3 aromatic rings. The largest absolute Gasteiger partial charge is 0.493 e. The summed E-state index contributed by atoms with van der Waals surface area (Å²) in [5, 5.41) is 10.9. The van der Waals surface area contributed by atoms with Crippen molar-refractivity contribution in [1.82, 2.24) is 9.55 Å². The van der Waals surface area contributed by atoms with Crippen LogP contribution < -0.4 is 11.2 Å². The normalized spacial score (nSPS) is 26.5. The number of nitrogens with one attached hydrogen (secondary N) is 1. The van der Waals surface area contributed by atoms with Crippen LogP contribution >= 0.6 is 15.9 Å². The number of nitrogens with zero attached hydrogens (tertiary/aromatic N) is 2. The van der Waals surface area contributed by atoms with Crippen LogP contribution in [0.25, 0.3) is 5.69 Å². The van der Waals surface area contributed by atoms with E-state index >= 15 is 0 Å². The van der Waals surface area contributed by atoms with Crippen LogP contribution in [0.3, 0.4) is 0 Å². The van der Waals surface area contributed by atoms with Gasteiger partial charge < -0.3 is 5.11 Å². The highest BCUT2D eigenvalue weighted by Crippen LogP contribution is 2.60. The summed E-state index contributed by atoms with van der Waals surface area (Å²) < 4.78 is 1.69. The van der Waals surface area contributed by atoms with Crippen LogP contribution in [-0.4, -0.2) is 26.8 Å². The van der Waals surface area contributed by atoms with E-state index in [0.717, 1.165) is 28.5 Å². The molecule has 1 heterocycles. The fraction of sp³-hybridized carbons (Fsp3) is 0.357. The van der Waals surface area contributed by atoms with Crippen molar-refractivity contribution in [3.05, 3.63) is 90.5 Å². The van der Waals surface area contributed by atoms with E-state index in [1.165, 1.54) is 44.1 Å². The lowest BCUT2D eigenvalue weighted by atomic mass is 9.48. The van der Waals surface area contributed by atoms with Gasteiger partial charge in [0.05, 0.1) is 5.69 Å². The van der Waals surface area contributed by atoms with Crippen molar-refractivity contribution in [2.45, 2.75) is 43.9 Å². The molecule has 184 valence electrons. The summed E-state index contributed by atoms with van der Waals surface area (Å²) in [5.41, 5.74) is 0.350. The highest BCUT2D eigenvalue weighted by molar-refractivity contribution is 9.10. The van der Waals surface area contributed by atoms with E-state index in [1.807, 2.05) is 6.07 Å². The van der Waals surface area contributed by atoms with E-state index in [1.54, 1.807) is 30.3 Å². The van der Waals surface area contributed by atoms with Gasteiger partial charge in [0, 0.05) is 16.3 Å². The maximum Gasteiger partial charge on any atom is 0.335 e. The predicted molar refractivity (Wildman–Crippen MR) is 140 cm³/mol. The molecule has 0 atom stereocenters. The Morgan fingerprint density at radius 3 is 2.28 bits per heavy atom. The van der Waals surface area contributed by atoms with Gasteiger partial charge in [-0.15, -0.1) is 0 Å². The first kappa shape index (κ1) is 23.2. The zero-order valence-corrected chi connectivity index (χ0v) is 21.2. The molecule has 0 saturated heterocycles. The molecule has 4 bridgehead atoms. The number of carbonyl (C=O) groups excluding carboxylic acids is 1. The number of hydrogen-bond acceptors (Lipinski definition) is 4. The fourth-order valence-corrected chi connectivity index (χ4v) is 7.70. The van der Waals surface area contributed by atoms with Gasteiger partial charge in [0.25, 0.3) is 11.5 Å². The third-order valence-electron chi connectivity index (χ3n) is 8.29. The van der Waals surface area contributed by atoms with Gasteiger partial charge in [-0.05, 0) is 107 Å². The lowest BCUT2D eigenvalue weighted by Crippen LogP contribution is -2.48. The smallest absolute Gasteiger partial charge is 0.335 e. The topological polar surface area (TPSA) is 105 Å². The number of carbonyl (C=O) groups is 1. The number of aromatic nitrogens is 2. The van der Waals surface area contributed by atoms with E-state index in [4.69, 9.17) is 0 Å². The summed E-state index contributed by atoms with van der Waals surface area (Å²) in [5.74, 6) is 1.29. The summed E-state index contributed by atoms with van der Waals surface area (Å²) >= 11 is 3.62. The molecule has 0 spiro atoms. The van der Waals surface area contributed by atoms with Gasteiger partial charge in [-0.25, -0.2) is 14.4 Å². The molecule has 36 heavy (non-hydrogen) atoms. The SMILES string of the molecule is O=C(N=Cc1c(O)n(-c2ccc(C34CC5CC(CC(C5)C3)C4)cc2Br)c(=O)[nH]c1=O)c1ccccc1. The monoisotopic (exact) mass is 547 g/mol. The average molecular weight is 548 g/mol. The van der Waals surface area contributed by atoms with Crippen LogP contribution in [0.2, 0.25) is 0 Å². The Bertz CT molecular complexity index is 1470. The van der Waals surface area contributed by atoms with Gasteiger partial charge in [-0.3, -0.25) is 14.6 Å². The number of benzene rings is 2. The number of halogens is 1. The zero-order chi connectivity index (χ0) is 25.0. The molecule has 4 aliphatic carbocycles. The molecule has 0 aliphatic heterocycles. The lowest BCUT2D eigenvalue weighted by molar-refractivity contribution is -0.00521. The first-order chi connectivity index (χ1) is 17.3. The predicted octanol–water partition coefficient (Wildman–Crippen LogP) is 4.72. The average Bonchev–Trinajstić information content (AvgIpc) is 2.84. The molecule has 1 amide bonds. The minimum atomic E-state index is -0.820. The van der Waals surface area contributed by atoms with Gasteiger partial charge in [-0.2, -0.15) is 0 Å². The number of rotatable bonds is 4. The summed E-state index contributed by atoms with van der Waals surface area (Å²) in [6.45, 7) is 0. The van der Waals surface area contributed by atoms with Crippen molar-refractivity contribution in [2.75, 3.05) is 0 Å². The van der Waals surface area contributed by atoms with E-state index in [0.29, 0.717) is 15.7 Å². The minimum absolute atomic E-state index is 0.184. The second-order valence-corrected chi connectivity index (χ2v) is 11.5. The summed E-state index contributed by atoms with van der Waals surface area (Å²) in [4.78, 5) is 43.6. The van der Waals surface area contributed by atoms with Crippen LogP contribution in [-0.2, 0) is 5.41 Å². The van der Waals surface area contributed by atoms with Gasteiger partial charge in [0.2, 0.25) is 5.88 Å². The van der Waals surface area contributed by atoms with Crippen molar-refractivity contribution in [1.29, 1.82) is 0 Å². The first-order valence-electron chi connectivity index (χ1n) is 12.3. The van der Waals surface area contributed by atoms with Gasteiger partial charge in [0.1, 0.15) is 5.56 Å². The van der Waals surface area contributed by atoms with Crippen LogP contribution in [0.15, 0.2) is 67.6 Å². The standard InChI is InChI=1S/C28H26BrN3O4/c29-22-11-20(28-12-16-8-17(13-28)10-18(9-16)14-28)6-7-23(22)32-26(35)21(25(34)31-27(32)36)15-30-24(33)19-4-2-1-3-5-19/h1-7,11,15-18,35H,8-10,12-14H2,(H,31,34,36). The highest BCUT2D eigenvalue weighted by Gasteiger charge is 2.51. The Labute approximate surface area is 216 Å². The van der Waals surface area contributed by atoms with E-state index < -0.39 is 23.0 Å². The highest BCUT2D eigenvalue weighted by atomic mass is 79.9. The Morgan fingerprint density at radius 1 is 1.03 bits per heavy atom. The van der Waals surface area contributed by atoms with Crippen molar-refractivity contribution in [3.63, 3.8) is 0 Å². The third-order valence-corrected chi connectivity index (χ3v) is 8.93. The van der Waals surface area contributed by atoms with Gasteiger partial charge >= 0.3 is 5.69 Å². The van der Waals surface area contributed by atoms with Crippen LogP contribution in [0.1, 0.15) is 60.0 Å². The van der Waals surface area contributed by atoms with E-state index in [-0.39, 0.29) is 11.0 Å². The molecule has 4 fully saturated rings. The maximum absolute atomic E-state index is 12.7. The molecule has 4 aliphatic rings. The van der Waals surface area contributed by atoms with Gasteiger partial charge in [0.15, 0.2) is 0 Å². The first-order valence-corrected chi connectivity index (χ1v) is 13.1. The number of aliphatic imine (C=N–C) groups is 1. The molecule has 0 unspecified atom stereocenters. The van der Waals surface area contributed by atoms with Crippen molar-refractivity contribution in [3.8, 4) is 11.6 Å². The number of amides is 1. The maximum atomic E-state index is 12.7. The van der Waals surface area contributed by atoms with Crippen molar-refractivity contribution >= 4 is 28.1 Å². The molecule has 1 aromatic heterocycles. The fourth-order valence-electron chi connectivity index (χ4n) is 7.14. The molecular weight excluding hydrogens is 522 g/mol. The number of aromatic amines is 1. The second-order valence-electron chi connectivity index (χ2n) is 10.6. The quantitative estimate of drug-likeness (QED) is 0.461. The second kappa shape index (κ2) is 8.69. The van der Waals surface area contributed by atoms with Crippen LogP contribution in [0.5, 0.6) is 5.88 Å². The molecule has 0 radical (unpaired) electrons. The summed E-state index contributed by atoms with van der Waals surface area (Å²) in [6, 6.07) is 14.3. The molecule has 7 nitrogen and oxygen atoms in total. The number of H-pyrrole nitrogens is 1. The zero-order valence-electron chi connectivity index (χ0n) is 19.6. The van der Waals surface area contributed by atoms with Crippen LogP contribution in [0.4, 0.5) is 0 Å². The number of hydrogen-bond donors (Lipinski definition) is 2. The summed E-state index contributed by atoms with van der Waals surface area (Å²) in [6.07, 6.45) is 8.71.